The number of benzene rings is 2. The maximum atomic E-state index is 12.5. The summed E-state index contributed by atoms with van der Waals surface area (Å²) >= 11 is 6.05. The molecule has 0 fully saturated rings. The average molecular weight is 381 g/mol. The van der Waals surface area contributed by atoms with E-state index in [0.29, 0.717) is 17.4 Å². The fourth-order valence-electron chi connectivity index (χ4n) is 2.93. The van der Waals surface area contributed by atoms with Crippen LogP contribution in [0.4, 0.5) is 5.82 Å². The fourth-order valence-corrected chi connectivity index (χ4v) is 3.14. The second kappa shape index (κ2) is 7.20. The molecule has 0 bridgehead atoms. The molecule has 0 aliphatic carbocycles. The van der Waals surface area contributed by atoms with Crippen molar-refractivity contribution in [1.29, 1.82) is 0 Å². The number of fused-ring (bicyclic) bond motifs is 1. The molecule has 4 rings (SSSR count). The van der Waals surface area contributed by atoms with Gasteiger partial charge in [-0.15, -0.1) is 5.10 Å². The summed E-state index contributed by atoms with van der Waals surface area (Å²) in [6.45, 7) is 2.47. The summed E-state index contributed by atoms with van der Waals surface area (Å²) in [4.78, 5) is 12.5. The Morgan fingerprint density at radius 1 is 1.11 bits per heavy atom. The largest absolute Gasteiger partial charge is 0.309 e. The lowest BCUT2D eigenvalue weighted by molar-refractivity contribution is -0.116. The van der Waals surface area contributed by atoms with Crippen molar-refractivity contribution in [3.8, 4) is 0 Å². The van der Waals surface area contributed by atoms with Crippen LogP contribution in [0.2, 0.25) is 5.02 Å². The van der Waals surface area contributed by atoms with Crippen LogP contribution in [0.5, 0.6) is 0 Å². The Morgan fingerprint density at radius 3 is 2.81 bits per heavy atom. The first-order valence-corrected chi connectivity index (χ1v) is 8.83. The number of rotatable bonds is 5. The van der Waals surface area contributed by atoms with Crippen molar-refractivity contribution < 1.29 is 4.79 Å². The number of hydrogen-bond acceptors (Lipinski definition) is 4. The lowest BCUT2D eigenvalue weighted by atomic mass is 10.2. The molecule has 8 heteroatoms. The van der Waals surface area contributed by atoms with Gasteiger partial charge < -0.3 is 5.32 Å². The Bertz CT molecular complexity index is 1120. The van der Waals surface area contributed by atoms with E-state index in [2.05, 4.69) is 20.7 Å². The number of aromatic nitrogens is 5. The Kier molecular flexibility index (Phi) is 4.60. The number of anilines is 1. The van der Waals surface area contributed by atoms with Crippen LogP contribution < -0.4 is 5.32 Å². The minimum Gasteiger partial charge on any atom is -0.309 e. The maximum absolute atomic E-state index is 12.5. The quantitative estimate of drug-likeness (QED) is 0.576. The summed E-state index contributed by atoms with van der Waals surface area (Å²) in [7, 11) is 0. The zero-order valence-corrected chi connectivity index (χ0v) is 15.4. The predicted octanol–water partition coefficient (Wildman–Crippen LogP) is 3.28. The van der Waals surface area contributed by atoms with Gasteiger partial charge in [-0.3, -0.25) is 4.79 Å². The number of nitrogens with one attached hydrogen (secondary N) is 1. The molecule has 1 N–H and O–H groups in total. The summed E-state index contributed by atoms with van der Waals surface area (Å²) < 4.78 is 3.33. The van der Waals surface area contributed by atoms with Gasteiger partial charge in [0.1, 0.15) is 17.9 Å². The van der Waals surface area contributed by atoms with Crippen molar-refractivity contribution in [2.24, 2.45) is 0 Å². The standard InChI is InChI=1S/C19H17ClN6O/c1-13-9-18(26(23-13)11-14-5-4-6-15(20)10-14)21-19(27)12-25-17-8-3-2-7-16(17)22-24-25/h2-10H,11-12H2,1H3,(H,21,27). The third-order valence-corrected chi connectivity index (χ3v) is 4.34. The van der Waals surface area contributed by atoms with Gasteiger partial charge in [-0.2, -0.15) is 5.10 Å². The Labute approximate surface area is 160 Å². The van der Waals surface area contributed by atoms with Gasteiger partial charge in [0.15, 0.2) is 0 Å². The van der Waals surface area contributed by atoms with Gasteiger partial charge in [0.2, 0.25) is 5.91 Å². The van der Waals surface area contributed by atoms with Crippen LogP contribution >= 0.6 is 11.6 Å². The Balaban J connectivity index is 1.51. The highest BCUT2D eigenvalue weighted by Gasteiger charge is 2.13. The lowest BCUT2D eigenvalue weighted by Crippen LogP contribution is -2.21. The number of halogens is 1. The van der Waals surface area contributed by atoms with Crippen LogP contribution in [-0.2, 0) is 17.9 Å². The van der Waals surface area contributed by atoms with Crippen LogP contribution in [0.1, 0.15) is 11.3 Å². The first kappa shape index (κ1) is 17.2. The molecule has 2 aromatic heterocycles. The van der Waals surface area contributed by atoms with Gasteiger partial charge >= 0.3 is 0 Å². The molecule has 0 aliphatic heterocycles. The highest BCUT2D eigenvalue weighted by Crippen LogP contribution is 2.16. The van der Waals surface area contributed by atoms with Crippen molar-refractivity contribution in [3.63, 3.8) is 0 Å². The van der Waals surface area contributed by atoms with Gasteiger partial charge in [-0.1, -0.05) is 41.1 Å². The van der Waals surface area contributed by atoms with Crippen molar-refractivity contribution in [2.45, 2.75) is 20.0 Å². The molecule has 4 aromatic rings. The molecule has 136 valence electrons. The summed E-state index contributed by atoms with van der Waals surface area (Å²) in [5.74, 6) is 0.430. The van der Waals surface area contributed by atoms with Crippen molar-refractivity contribution in [1.82, 2.24) is 24.8 Å². The minimum atomic E-state index is -0.196. The van der Waals surface area contributed by atoms with E-state index in [1.807, 2.05) is 61.5 Å². The van der Waals surface area contributed by atoms with Crippen LogP contribution in [0.3, 0.4) is 0 Å². The lowest BCUT2D eigenvalue weighted by Gasteiger charge is -2.09. The number of carbonyl (C=O) groups is 1. The van der Waals surface area contributed by atoms with Crippen LogP contribution in [-0.4, -0.2) is 30.7 Å². The number of nitrogens with zero attached hydrogens (tertiary/aromatic N) is 5. The number of para-hydroxylation sites is 1. The topological polar surface area (TPSA) is 77.6 Å². The highest BCUT2D eigenvalue weighted by molar-refractivity contribution is 6.30. The zero-order chi connectivity index (χ0) is 18.8. The molecular formula is C19H17ClN6O. The predicted molar refractivity (Wildman–Crippen MR) is 104 cm³/mol. The molecule has 0 radical (unpaired) electrons. The van der Waals surface area contributed by atoms with Gasteiger partial charge in [-0.05, 0) is 36.8 Å². The molecular weight excluding hydrogens is 364 g/mol. The average Bonchev–Trinajstić information content (AvgIpc) is 3.19. The van der Waals surface area contributed by atoms with E-state index in [1.165, 1.54) is 0 Å². The van der Waals surface area contributed by atoms with E-state index < -0.39 is 0 Å². The summed E-state index contributed by atoms with van der Waals surface area (Å²) in [6.07, 6.45) is 0. The first-order valence-electron chi connectivity index (χ1n) is 8.45. The van der Waals surface area contributed by atoms with Gasteiger partial charge in [0, 0.05) is 11.1 Å². The van der Waals surface area contributed by atoms with E-state index in [0.717, 1.165) is 22.3 Å². The molecule has 0 aliphatic rings. The molecule has 0 saturated heterocycles. The van der Waals surface area contributed by atoms with Crippen molar-refractivity contribution in [3.05, 3.63) is 70.9 Å². The molecule has 0 unspecified atom stereocenters. The van der Waals surface area contributed by atoms with Gasteiger partial charge in [0.05, 0.1) is 17.8 Å². The number of hydrogen-bond donors (Lipinski definition) is 1. The van der Waals surface area contributed by atoms with Crippen molar-refractivity contribution in [2.75, 3.05) is 5.32 Å². The second-order valence-electron chi connectivity index (χ2n) is 6.24. The molecule has 0 atom stereocenters. The van der Waals surface area contributed by atoms with Crippen LogP contribution in [0.15, 0.2) is 54.6 Å². The van der Waals surface area contributed by atoms with Gasteiger partial charge in [-0.25, -0.2) is 9.36 Å². The minimum absolute atomic E-state index is 0.0713. The fraction of sp³-hybridized carbons (Fsp3) is 0.158. The van der Waals surface area contributed by atoms with E-state index in [4.69, 9.17) is 11.6 Å². The Hall–Kier alpha value is -3.19. The molecule has 1 amide bonds. The zero-order valence-electron chi connectivity index (χ0n) is 14.6. The number of aryl methyl sites for hydroxylation is 1. The third-order valence-electron chi connectivity index (χ3n) is 4.10. The third kappa shape index (κ3) is 3.83. The summed E-state index contributed by atoms with van der Waals surface area (Å²) in [5, 5.41) is 16.2. The maximum Gasteiger partial charge on any atom is 0.247 e. The monoisotopic (exact) mass is 380 g/mol. The smallest absolute Gasteiger partial charge is 0.247 e. The molecule has 27 heavy (non-hydrogen) atoms. The Morgan fingerprint density at radius 2 is 1.96 bits per heavy atom. The molecule has 2 aromatic carbocycles. The molecule has 0 saturated carbocycles. The van der Waals surface area contributed by atoms with E-state index in [-0.39, 0.29) is 12.5 Å². The number of carbonyl (C=O) groups excluding carboxylic acids is 1. The summed E-state index contributed by atoms with van der Waals surface area (Å²) in [5.41, 5.74) is 3.39. The SMILES string of the molecule is Cc1cc(NC(=O)Cn2nnc3ccccc32)n(Cc2cccc(Cl)c2)n1. The highest BCUT2D eigenvalue weighted by atomic mass is 35.5. The number of amides is 1. The van der Waals surface area contributed by atoms with Crippen molar-refractivity contribution >= 4 is 34.4 Å². The van der Waals surface area contributed by atoms with E-state index >= 15 is 0 Å². The van der Waals surface area contributed by atoms with E-state index in [9.17, 15) is 4.79 Å². The first-order chi connectivity index (χ1) is 13.1. The van der Waals surface area contributed by atoms with Gasteiger partial charge in [0.25, 0.3) is 0 Å². The van der Waals surface area contributed by atoms with Crippen LogP contribution in [0, 0.1) is 6.92 Å². The molecule has 2 heterocycles. The molecule has 0 spiro atoms. The van der Waals surface area contributed by atoms with Crippen LogP contribution in [0.25, 0.3) is 11.0 Å². The molecule has 7 nitrogen and oxygen atoms in total. The van der Waals surface area contributed by atoms with E-state index in [1.54, 1.807) is 9.36 Å². The summed E-state index contributed by atoms with van der Waals surface area (Å²) in [6, 6.07) is 16.9. The normalized spacial score (nSPS) is 11.0. The second-order valence-corrected chi connectivity index (χ2v) is 6.68.